The second-order valence-corrected chi connectivity index (χ2v) is 6.60. The van der Waals surface area contributed by atoms with E-state index < -0.39 is 5.41 Å². The van der Waals surface area contributed by atoms with E-state index in [1.54, 1.807) is 12.1 Å². The number of hydrogen-bond acceptors (Lipinski definition) is 3. The first-order chi connectivity index (χ1) is 12.1. The average Bonchev–Trinajstić information content (AvgIpc) is 3.10. The van der Waals surface area contributed by atoms with Gasteiger partial charge in [0.15, 0.2) is 5.78 Å². The van der Waals surface area contributed by atoms with Crippen LogP contribution in [-0.2, 0) is 6.42 Å². The van der Waals surface area contributed by atoms with Crippen molar-refractivity contribution in [3.05, 3.63) is 71.6 Å². The summed E-state index contributed by atoms with van der Waals surface area (Å²) in [4.78, 5) is 13.3. The van der Waals surface area contributed by atoms with Crippen LogP contribution in [0.15, 0.2) is 49.0 Å². The molecule has 2 aromatic rings. The Morgan fingerprint density at radius 1 is 1.36 bits per heavy atom. The van der Waals surface area contributed by atoms with Crippen molar-refractivity contribution in [2.24, 2.45) is 5.41 Å². The molecule has 1 aliphatic rings. The normalized spacial score (nSPS) is 19.6. The Morgan fingerprint density at radius 3 is 2.84 bits per heavy atom. The molecule has 2 N–H and O–H groups in total. The van der Waals surface area contributed by atoms with Gasteiger partial charge in [0.2, 0.25) is 0 Å². The van der Waals surface area contributed by atoms with Gasteiger partial charge in [-0.3, -0.25) is 4.79 Å². The molecule has 2 aromatic carbocycles. The first kappa shape index (κ1) is 17.4. The van der Waals surface area contributed by atoms with Gasteiger partial charge in [-0.25, -0.2) is 4.39 Å². The smallest absolute Gasteiger partial charge is 0.170 e. The van der Waals surface area contributed by atoms with Gasteiger partial charge in [0.1, 0.15) is 5.82 Å². The molecule has 25 heavy (non-hydrogen) atoms. The third kappa shape index (κ3) is 3.49. The maximum Gasteiger partial charge on any atom is 0.170 e. The third-order valence-corrected chi connectivity index (χ3v) is 4.96. The summed E-state index contributed by atoms with van der Waals surface area (Å²) in [6.45, 7) is 5.23. The second-order valence-electron chi connectivity index (χ2n) is 6.60. The molecule has 1 heterocycles. The highest BCUT2D eigenvalue weighted by molar-refractivity contribution is 6.02. The molecule has 1 saturated heterocycles. The van der Waals surface area contributed by atoms with E-state index in [4.69, 9.17) is 0 Å². The van der Waals surface area contributed by atoms with Crippen molar-refractivity contribution in [2.45, 2.75) is 12.8 Å². The van der Waals surface area contributed by atoms with Crippen molar-refractivity contribution in [3.8, 4) is 0 Å². The van der Waals surface area contributed by atoms with Crippen LogP contribution in [0, 0.1) is 11.2 Å². The molecule has 0 radical (unpaired) electrons. The minimum atomic E-state index is -0.534. The van der Waals surface area contributed by atoms with Crippen LogP contribution in [-0.4, -0.2) is 25.9 Å². The number of nitrogens with one attached hydrogen (secondary N) is 2. The Hall–Kier alpha value is -2.46. The standard InChI is InChI=1S/C21H23FN2O/c1-3-16-12-17(7-8-19(16)23-2)20(25)21(9-10-24-14-21)13-15-5-4-6-18(22)11-15/h3-8,11-12,23-24H,1,9-10,13-14H2,2H3. The molecule has 0 spiro atoms. The lowest BCUT2D eigenvalue weighted by atomic mass is 9.74. The molecule has 0 amide bonds. The van der Waals surface area contributed by atoms with E-state index in [1.807, 2.05) is 31.3 Å². The predicted molar refractivity (Wildman–Crippen MR) is 100 cm³/mol. The van der Waals surface area contributed by atoms with Gasteiger partial charge >= 0.3 is 0 Å². The number of carbonyl (C=O) groups excluding carboxylic acids is 1. The number of benzene rings is 2. The minimum absolute atomic E-state index is 0.104. The highest BCUT2D eigenvalue weighted by Gasteiger charge is 2.41. The van der Waals surface area contributed by atoms with E-state index in [-0.39, 0.29) is 11.6 Å². The van der Waals surface area contributed by atoms with Gasteiger partial charge in [-0.15, -0.1) is 0 Å². The Labute approximate surface area is 148 Å². The van der Waals surface area contributed by atoms with Gasteiger partial charge < -0.3 is 10.6 Å². The molecular weight excluding hydrogens is 315 g/mol. The van der Waals surface area contributed by atoms with Gasteiger partial charge in [-0.2, -0.15) is 0 Å². The topological polar surface area (TPSA) is 41.1 Å². The number of hydrogen-bond donors (Lipinski definition) is 2. The molecule has 0 bridgehead atoms. The number of ketones is 1. The molecular formula is C21H23FN2O. The molecule has 0 aromatic heterocycles. The molecule has 1 atom stereocenters. The van der Waals surface area contributed by atoms with E-state index in [1.165, 1.54) is 12.1 Å². The van der Waals surface area contributed by atoms with E-state index >= 15 is 0 Å². The third-order valence-electron chi connectivity index (χ3n) is 4.96. The summed E-state index contributed by atoms with van der Waals surface area (Å²) < 4.78 is 13.6. The summed E-state index contributed by atoms with van der Waals surface area (Å²) in [5.41, 5.74) is 2.84. The summed E-state index contributed by atoms with van der Waals surface area (Å²) in [5, 5.41) is 6.40. The Kier molecular flexibility index (Phi) is 5.00. The number of halogens is 1. The van der Waals surface area contributed by atoms with Crippen molar-refractivity contribution in [2.75, 3.05) is 25.5 Å². The SMILES string of the molecule is C=Cc1cc(C(=O)C2(Cc3cccc(F)c3)CCNC2)ccc1NC. The van der Waals surface area contributed by atoms with Crippen molar-refractivity contribution in [1.29, 1.82) is 0 Å². The lowest BCUT2D eigenvalue weighted by Gasteiger charge is -2.27. The Bertz CT molecular complexity index is 794. The lowest BCUT2D eigenvalue weighted by Crippen LogP contribution is -2.36. The van der Waals surface area contributed by atoms with Crippen LogP contribution in [0.25, 0.3) is 6.08 Å². The summed E-state index contributed by atoms with van der Waals surface area (Å²) >= 11 is 0. The zero-order valence-electron chi connectivity index (χ0n) is 14.4. The number of carbonyl (C=O) groups is 1. The fourth-order valence-electron chi connectivity index (χ4n) is 3.61. The number of anilines is 1. The summed E-state index contributed by atoms with van der Waals surface area (Å²) in [5.74, 6) is -0.161. The van der Waals surface area contributed by atoms with Crippen molar-refractivity contribution >= 4 is 17.5 Å². The molecule has 1 unspecified atom stereocenters. The molecule has 3 nitrogen and oxygen atoms in total. The van der Waals surface area contributed by atoms with Gasteiger partial charge in [0.25, 0.3) is 0 Å². The molecule has 3 rings (SSSR count). The molecule has 1 aliphatic heterocycles. The van der Waals surface area contributed by atoms with Crippen molar-refractivity contribution in [1.82, 2.24) is 5.32 Å². The summed E-state index contributed by atoms with van der Waals surface area (Å²) in [6.07, 6.45) is 3.03. The summed E-state index contributed by atoms with van der Waals surface area (Å²) in [6, 6.07) is 12.2. The van der Waals surface area contributed by atoms with Crippen LogP contribution in [0.2, 0.25) is 0 Å². The van der Waals surface area contributed by atoms with E-state index in [9.17, 15) is 9.18 Å². The zero-order chi connectivity index (χ0) is 17.9. The highest BCUT2D eigenvalue weighted by atomic mass is 19.1. The first-order valence-corrected chi connectivity index (χ1v) is 8.52. The maximum atomic E-state index is 13.6. The van der Waals surface area contributed by atoms with Crippen molar-refractivity contribution in [3.63, 3.8) is 0 Å². The number of rotatable bonds is 6. The average molecular weight is 338 g/mol. The minimum Gasteiger partial charge on any atom is -0.388 e. The Morgan fingerprint density at radius 2 is 2.20 bits per heavy atom. The van der Waals surface area contributed by atoms with Crippen LogP contribution in [0.4, 0.5) is 10.1 Å². The highest BCUT2D eigenvalue weighted by Crippen LogP contribution is 2.35. The maximum absolute atomic E-state index is 13.6. The van der Waals surface area contributed by atoms with Crippen LogP contribution in [0.3, 0.4) is 0 Å². The van der Waals surface area contributed by atoms with E-state index in [2.05, 4.69) is 17.2 Å². The van der Waals surface area contributed by atoms with Gasteiger partial charge in [-0.05, 0) is 60.8 Å². The van der Waals surface area contributed by atoms with E-state index in [0.717, 1.165) is 29.8 Å². The lowest BCUT2D eigenvalue weighted by molar-refractivity contribution is 0.0815. The first-order valence-electron chi connectivity index (χ1n) is 8.52. The van der Waals surface area contributed by atoms with Crippen molar-refractivity contribution < 1.29 is 9.18 Å². The van der Waals surface area contributed by atoms with E-state index in [0.29, 0.717) is 18.5 Å². The molecule has 1 fully saturated rings. The quantitative estimate of drug-likeness (QED) is 0.785. The second kappa shape index (κ2) is 7.19. The van der Waals surface area contributed by atoms with Crippen LogP contribution in [0.5, 0.6) is 0 Å². The fraction of sp³-hybridized carbons (Fsp3) is 0.286. The molecule has 0 saturated carbocycles. The fourth-order valence-corrected chi connectivity index (χ4v) is 3.61. The van der Waals surface area contributed by atoms with Crippen LogP contribution < -0.4 is 10.6 Å². The van der Waals surface area contributed by atoms with Gasteiger partial charge in [-0.1, -0.05) is 24.8 Å². The van der Waals surface area contributed by atoms with Gasteiger partial charge in [0, 0.05) is 24.8 Å². The largest absolute Gasteiger partial charge is 0.388 e. The van der Waals surface area contributed by atoms with Crippen LogP contribution in [0.1, 0.15) is 27.9 Å². The predicted octanol–water partition coefficient (Wildman–Crippen LogP) is 3.92. The molecule has 4 heteroatoms. The molecule has 130 valence electrons. The van der Waals surface area contributed by atoms with Gasteiger partial charge in [0.05, 0.1) is 5.41 Å². The molecule has 0 aliphatic carbocycles. The monoisotopic (exact) mass is 338 g/mol. The summed E-state index contributed by atoms with van der Waals surface area (Å²) in [7, 11) is 1.84. The number of Topliss-reactive ketones (excluding diaryl/α,β-unsaturated/α-hetero) is 1. The Balaban J connectivity index is 1.95. The zero-order valence-corrected chi connectivity index (χ0v) is 14.4. The van der Waals surface area contributed by atoms with Crippen LogP contribution >= 0.6 is 0 Å².